The van der Waals surface area contributed by atoms with Gasteiger partial charge in [-0.3, -0.25) is 0 Å². The number of rotatable bonds is 3. The lowest BCUT2D eigenvalue weighted by Crippen LogP contribution is -2.29. The molecule has 18 heavy (non-hydrogen) atoms. The molecule has 0 aliphatic rings. The van der Waals surface area contributed by atoms with E-state index in [0.717, 1.165) is 11.1 Å². The van der Waals surface area contributed by atoms with Crippen molar-refractivity contribution < 1.29 is 0 Å². The highest BCUT2D eigenvalue weighted by Gasteiger charge is 2.47. The second-order valence-corrected chi connectivity index (χ2v) is 10.8. The van der Waals surface area contributed by atoms with Crippen LogP contribution < -0.4 is 0 Å². The molecule has 0 atom stereocenters. The highest BCUT2D eigenvalue weighted by molar-refractivity contribution is 9.29. The number of alkyl halides is 4. The summed E-state index contributed by atoms with van der Waals surface area (Å²) in [5.74, 6) is 0. The van der Waals surface area contributed by atoms with E-state index in [-0.39, 0.29) is 0 Å². The van der Waals surface area contributed by atoms with Crippen molar-refractivity contribution in [1.82, 2.24) is 0 Å². The van der Waals surface area contributed by atoms with Gasteiger partial charge >= 0.3 is 0 Å². The second-order valence-electron chi connectivity index (χ2n) is 3.88. The van der Waals surface area contributed by atoms with E-state index < -0.39 is 6.47 Å². The molecule has 0 saturated heterocycles. The van der Waals surface area contributed by atoms with Crippen LogP contribution in [0.1, 0.15) is 11.1 Å². The van der Waals surface area contributed by atoms with Gasteiger partial charge in [-0.25, -0.2) is 0 Å². The molecule has 0 aliphatic heterocycles. The highest BCUT2D eigenvalue weighted by Crippen LogP contribution is 2.60. The van der Waals surface area contributed by atoms with Gasteiger partial charge in [0.05, 0.1) is 0 Å². The van der Waals surface area contributed by atoms with Gasteiger partial charge in [-0.2, -0.15) is 0 Å². The minimum absolute atomic E-state index is 0.449. The molecule has 0 saturated carbocycles. The smallest absolute Gasteiger partial charge is 0.0645 e. The fourth-order valence-corrected chi connectivity index (χ4v) is 3.63. The molecular formula is C14H10Br4. The Morgan fingerprint density at radius 1 is 0.500 bits per heavy atom. The number of hydrogen-bond donors (Lipinski definition) is 0. The topological polar surface area (TPSA) is 0 Å². The first-order valence-electron chi connectivity index (χ1n) is 5.33. The predicted molar refractivity (Wildman–Crippen MR) is 91.9 cm³/mol. The maximum atomic E-state index is 3.77. The van der Waals surface area contributed by atoms with Crippen molar-refractivity contribution in [2.24, 2.45) is 0 Å². The molecule has 2 aromatic rings. The lowest BCUT2D eigenvalue weighted by molar-refractivity contribution is 0.843. The molecule has 0 aliphatic carbocycles. The molecule has 2 aromatic carbocycles. The Kier molecular flexibility index (Phi) is 4.74. The van der Waals surface area contributed by atoms with Crippen LogP contribution in [0.25, 0.3) is 0 Å². The molecule has 4 heteroatoms. The fraction of sp³-hybridized carbons (Fsp3) is 0.143. The first-order valence-corrected chi connectivity index (χ1v) is 8.50. The molecule has 0 spiro atoms. The number of hydrogen-bond acceptors (Lipinski definition) is 0. The molecule has 2 rings (SSSR count). The zero-order valence-corrected chi connectivity index (χ0v) is 15.6. The Balaban J connectivity index is 2.47. The van der Waals surface area contributed by atoms with Gasteiger partial charge in [0.2, 0.25) is 0 Å². The Morgan fingerprint density at radius 3 is 1.06 bits per heavy atom. The quantitative estimate of drug-likeness (QED) is 0.438. The Morgan fingerprint density at radius 2 is 0.778 bits per heavy atom. The molecule has 0 fully saturated rings. The maximum Gasteiger partial charge on any atom is 0.134 e. The average molecular weight is 498 g/mol. The van der Waals surface area contributed by atoms with Crippen LogP contribution in [0.5, 0.6) is 0 Å². The van der Waals surface area contributed by atoms with Gasteiger partial charge in [0.15, 0.2) is 0 Å². The first kappa shape index (κ1) is 14.8. The van der Waals surface area contributed by atoms with Crippen LogP contribution in [-0.2, 0) is 6.47 Å². The third-order valence-electron chi connectivity index (χ3n) is 2.67. The molecule has 94 valence electrons. The van der Waals surface area contributed by atoms with Gasteiger partial charge in [-0.05, 0) is 11.1 Å². The number of benzene rings is 2. The highest BCUT2D eigenvalue weighted by atomic mass is 79.9. The van der Waals surface area contributed by atoms with Crippen LogP contribution in [-0.4, -0.2) is 0 Å². The van der Waals surface area contributed by atoms with Gasteiger partial charge in [-0.1, -0.05) is 124 Å². The first-order chi connectivity index (χ1) is 8.46. The summed E-state index contributed by atoms with van der Waals surface area (Å²) in [4.78, 5) is 0. The molecule has 0 radical (unpaired) electrons. The van der Waals surface area contributed by atoms with Crippen molar-refractivity contribution in [3.63, 3.8) is 0 Å². The van der Waals surface area contributed by atoms with E-state index in [0.29, 0.717) is 0 Å². The van der Waals surface area contributed by atoms with Crippen LogP contribution in [0.2, 0.25) is 0 Å². The number of halogens is 4. The summed E-state index contributed by atoms with van der Waals surface area (Å²) < 4.78 is -0.898. The Bertz CT molecular complexity index is 456. The van der Waals surface area contributed by atoms with Crippen LogP contribution in [0.15, 0.2) is 60.7 Å². The fourth-order valence-electron chi connectivity index (χ4n) is 1.66. The zero-order valence-electron chi connectivity index (χ0n) is 9.29. The molecule has 0 unspecified atom stereocenters. The third-order valence-corrected chi connectivity index (χ3v) is 9.01. The molecule has 0 N–H and O–H groups in total. The summed E-state index contributed by atoms with van der Waals surface area (Å²) in [6, 6.07) is 20.4. The summed E-state index contributed by atoms with van der Waals surface area (Å²) in [5.41, 5.74) is 2.25. The Hall–Kier alpha value is 0.360. The molecule has 0 nitrogen and oxygen atoms in total. The summed E-state index contributed by atoms with van der Waals surface area (Å²) in [6.07, 6.45) is 0. The van der Waals surface area contributed by atoms with Crippen LogP contribution >= 0.6 is 63.7 Å². The van der Waals surface area contributed by atoms with Gasteiger partial charge in [-0.15, -0.1) is 0 Å². The van der Waals surface area contributed by atoms with Gasteiger partial charge in [0, 0.05) is 0 Å². The maximum absolute atomic E-state index is 3.77. The van der Waals surface area contributed by atoms with E-state index >= 15 is 0 Å². The van der Waals surface area contributed by atoms with Crippen LogP contribution in [0.4, 0.5) is 0 Å². The van der Waals surface area contributed by atoms with Crippen LogP contribution in [0, 0.1) is 0 Å². The van der Waals surface area contributed by atoms with Crippen molar-refractivity contribution >= 4 is 63.7 Å². The van der Waals surface area contributed by atoms with E-state index in [2.05, 4.69) is 88.0 Å². The minimum Gasteiger partial charge on any atom is -0.0645 e. The molecule has 0 bridgehead atoms. The lowest BCUT2D eigenvalue weighted by Gasteiger charge is -2.35. The SMILES string of the molecule is BrC(Br)(c1ccccc1)C(Br)(Br)c1ccccc1. The van der Waals surface area contributed by atoms with Crippen molar-refractivity contribution in [3.8, 4) is 0 Å². The molecule has 0 heterocycles. The summed E-state index contributed by atoms with van der Waals surface area (Å²) >= 11 is 15.1. The summed E-state index contributed by atoms with van der Waals surface area (Å²) in [5, 5.41) is 0. The second kappa shape index (κ2) is 5.78. The average Bonchev–Trinajstić information content (AvgIpc) is 2.40. The zero-order chi connectivity index (χ0) is 13.2. The van der Waals surface area contributed by atoms with Gasteiger partial charge in [0.1, 0.15) is 6.47 Å². The van der Waals surface area contributed by atoms with E-state index in [1.165, 1.54) is 0 Å². The monoisotopic (exact) mass is 494 g/mol. The minimum atomic E-state index is -0.449. The van der Waals surface area contributed by atoms with Crippen molar-refractivity contribution in [1.29, 1.82) is 0 Å². The van der Waals surface area contributed by atoms with Crippen LogP contribution in [0.3, 0.4) is 0 Å². The van der Waals surface area contributed by atoms with E-state index in [1.54, 1.807) is 0 Å². The normalized spacial score (nSPS) is 12.4. The van der Waals surface area contributed by atoms with Crippen molar-refractivity contribution in [3.05, 3.63) is 71.8 Å². The summed E-state index contributed by atoms with van der Waals surface area (Å²) in [7, 11) is 0. The predicted octanol–water partition coefficient (Wildman–Crippen LogP) is 6.27. The molecular weight excluding hydrogens is 488 g/mol. The van der Waals surface area contributed by atoms with E-state index in [9.17, 15) is 0 Å². The Labute approximate surface area is 141 Å². The lowest BCUT2D eigenvalue weighted by atomic mass is 10.0. The third kappa shape index (κ3) is 2.77. The molecule has 0 amide bonds. The standard InChI is InChI=1S/C14H10Br4/c15-13(16,11-7-3-1-4-8-11)14(17,18)12-9-5-2-6-10-12/h1-10H. The van der Waals surface area contributed by atoms with Gasteiger partial charge < -0.3 is 0 Å². The van der Waals surface area contributed by atoms with E-state index in [4.69, 9.17) is 0 Å². The van der Waals surface area contributed by atoms with E-state index in [1.807, 2.05) is 36.4 Å². The van der Waals surface area contributed by atoms with Crippen molar-refractivity contribution in [2.45, 2.75) is 6.47 Å². The molecule has 0 aromatic heterocycles. The largest absolute Gasteiger partial charge is 0.134 e. The van der Waals surface area contributed by atoms with Gasteiger partial charge in [0.25, 0.3) is 0 Å². The summed E-state index contributed by atoms with van der Waals surface area (Å²) in [6.45, 7) is 0. The van der Waals surface area contributed by atoms with Crippen molar-refractivity contribution in [2.75, 3.05) is 0 Å².